The third-order valence-corrected chi connectivity index (χ3v) is 4.63. The highest BCUT2D eigenvalue weighted by Crippen LogP contribution is 2.34. The number of nitrogens with zero attached hydrogens (tertiary/aromatic N) is 1. The van der Waals surface area contributed by atoms with Crippen molar-refractivity contribution in [2.45, 2.75) is 13.8 Å². The average Bonchev–Trinajstić information content (AvgIpc) is 2.85. The molecular weight excluding hydrogens is 362 g/mol. The summed E-state index contributed by atoms with van der Waals surface area (Å²) in [6.07, 6.45) is 1.72. The topological polar surface area (TPSA) is 65.1 Å². The molecule has 1 saturated heterocycles. The van der Waals surface area contributed by atoms with Crippen LogP contribution in [-0.4, -0.2) is 48.0 Å². The summed E-state index contributed by atoms with van der Waals surface area (Å²) in [4.78, 5) is 25.5. The average molecular weight is 381 g/mol. The number of carbonyl (C=O) groups excluding carboxylic acids is 2. The van der Waals surface area contributed by atoms with E-state index in [2.05, 4.69) is 4.74 Å². The molecule has 25 heavy (non-hydrogen) atoms. The zero-order chi connectivity index (χ0) is 18.4. The first-order chi connectivity index (χ1) is 12.0. The number of thioether (sulfide) groups is 1. The van der Waals surface area contributed by atoms with Crippen molar-refractivity contribution >= 4 is 46.3 Å². The zero-order valence-electron chi connectivity index (χ0n) is 14.2. The third-order valence-electron chi connectivity index (χ3n) is 3.25. The lowest BCUT2D eigenvalue weighted by Crippen LogP contribution is -2.33. The molecule has 134 valence electrons. The minimum absolute atomic E-state index is 0.189. The molecule has 6 nitrogen and oxygen atoms in total. The fourth-order valence-electron chi connectivity index (χ4n) is 2.14. The first-order valence-corrected chi connectivity index (χ1v) is 8.94. The van der Waals surface area contributed by atoms with Crippen LogP contribution in [0, 0.1) is 0 Å². The number of hydrogen-bond donors (Lipinski definition) is 0. The minimum atomic E-state index is -0.516. The molecule has 0 spiro atoms. The van der Waals surface area contributed by atoms with Crippen LogP contribution in [-0.2, 0) is 14.3 Å². The summed E-state index contributed by atoms with van der Waals surface area (Å²) >= 11 is 6.33. The molecule has 0 unspecified atom stereocenters. The second kappa shape index (κ2) is 8.87. The molecule has 0 radical (unpaired) electrons. The predicted octanol–water partition coefficient (Wildman–Crippen LogP) is 2.86. The van der Waals surface area contributed by atoms with E-state index < -0.39 is 5.97 Å². The van der Waals surface area contributed by atoms with Crippen molar-refractivity contribution in [2.24, 2.45) is 0 Å². The Morgan fingerprint density at radius 2 is 1.92 bits per heavy atom. The molecular formula is C17H19NO5S2. The maximum absolute atomic E-state index is 12.4. The SMILES string of the molecule is CCOc1ccc(C=C2SC(=S)N(CC(=O)OC)C2=O)cc1OCC. The number of amides is 1. The Morgan fingerprint density at radius 1 is 1.24 bits per heavy atom. The Balaban J connectivity index is 2.25. The van der Waals surface area contributed by atoms with Crippen LogP contribution in [0.15, 0.2) is 23.1 Å². The van der Waals surface area contributed by atoms with Crippen molar-refractivity contribution in [2.75, 3.05) is 26.9 Å². The zero-order valence-corrected chi connectivity index (χ0v) is 15.9. The van der Waals surface area contributed by atoms with E-state index in [4.69, 9.17) is 21.7 Å². The van der Waals surface area contributed by atoms with Gasteiger partial charge in [-0.1, -0.05) is 30.0 Å². The molecule has 1 heterocycles. The van der Waals surface area contributed by atoms with Crippen LogP contribution in [0.2, 0.25) is 0 Å². The quantitative estimate of drug-likeness (QED) is 0.409. The predicted molar refractivity (Wildman–Crippen MR) is 101 cm³/mol. The van der Waals surface area contributed by atoms with Crippen molar-refractivity contribution in [3.8, 4) is 11.5 Å². The maximum Gasteiger partial charge on any atom is 0.325 e. The van der Waals surface area contributed by atoms with Crippen molar-refractivity contribution in [3.05, 3.63) is 28.7 Å². The number of ether oxygens (including phenoxy) is 3. The van der Waals surface area contributed by atoms with Crippen LogP contribution in [0.5, 0.6) is 11.5 Å². The van der Waals surface area contributed by atoms with Gasteiger partial charge in [0.15, 0.2) is 11.5 Å². The van der Waals surface area contributed by atoms with Gasteiger partial charge < -0.3 is 14.2 Å². The van der Waals surface area contributed by atoms with E-state index in [1.165, 1.54) is 12.0 Å². The Hall–Kier alpha value is -2.06. The summed E-state index contributed by atoms with van der Waals surface area (Å²) < 4.78 is 16.0. The lowest BCUT2D eigenvalue weighted by atomic mass is 10.2. The van der Waals surface area contributed by atoms with Crippen molar-refractivity contribution in [1.29, 1.82) is 0 Å². The normalized spacial score (nSPS) is 15.6. The molecule has 1 amide bonds. The molecule has 1 aromatic carbocycles. The first kappa shape index (κ1) is 19.3. The highest BCUT2D eigenvalue weighted by atomic mass is 32.2. The van der Waals surface area contributed by atoms with Gasteiger partial charge in [-0.2, -0.15) is 0 Å². The monoisotopic (exact) mass is 381 g/mol. The second-order valence-electron chi connectivity index (χ2n) is 4.92. The Kier molecular flexibility index (Phi) is 6.83. The van der Waals surface area contributed by atoms with Crippen LogP contribution in [0.4, 0.5) is 0 Å². The van der Waals surface area contributed by atoms with Gasteiger partial charge in [-0.3, -0.25) is 14.5 Å². The van der Waals surface area contributed by atoms with Gasteiger partial charge >= 0.3 is 5.97 Å². The van der Waals surface area contributed by atoms with E-state index in [0.717, 1.165) is 17.3 Å². The highest BCUT2D eigenvalue weighted by molar-refractivity contribution is 8.26. The summed E-state index contributed by atoms with van der Waals surface area (Å²) in [5.41, 5.74) is 0.783. The molecule has 8 heteroatoms. The van der Waals surface area contributed by atoms with Crippen LogP contribution in [0.3, 0.4) is 0 Å². The van der Waals surface area contributed by atoms with E-state index >= 15 is 0 Å². The molecule has 0 aliphatic carbocycles. The molecule has 1 aromatic rings. The summed E-state index contributed by atoms with van der Waals surface area (Å²) in [7, 11) is 1.27. The first-order valence-electron chi connectivity index (χ1n) is 7.72. The lowest BCUT2D eigenvalue weighted by molar-refractivity contribution is -0.143. The smallest absolute Gasteiger partial charge is 0.325 e. The highest BCUT2D eigenvalue weighted by Gasteiger charge is 2.33. The van der Waals surface area contributed by atoms with Crippen LogP contribution in [0.1, 0.15) is 19.4 Å². The molecule has 1 aliphatic heterocycles. The number of methoxy groups -OCH3 is 1. The fourth-order valence-corrected chi connectivity index (χ4v) is 3.39. The summed E-state index contributed by atoms with van der Waals surface area (Å²) in [5, 5.41) is 0. The fraction of sp³-hybridized carbons (Fsp3) is 0.353. The van der Waals surface area contributed by atoms with Gasteiger partial charge in [0.25, 0.3) is 5.91 Å². The van der Waals surface area contributed by atoms with Gasteiger partial charge in [-0.15, -0.1) is 0 Å². The van der Waals surface area contributed by atoms with E-state index in [-0.39, 0.29) is 12.5 Å². The van der Waals surface area contributed by atoms with Crippen LogP contribution in [0.25, 0.3) is 6.08 Å². The van der Waals surface area contributed by atoms with E-state index in [9.17, 15) is 9.59 Å². The second-order valence-corrected chi connectivity index (χ2v) is 6.59. The molecule has 0 N–H and O–H groups in total. The molecule has 2 rings (SSSR count). The molecule has 0 atom stereocenters. The number of rotatable bonds is 7. The number of esters is 1. The van der Waals surface area contributed by atoms with Gasteiger partial charge in [0.2, 0.25) is 0 Å². The third kappa shape index (κ3) is 4.73. The molecule has 0 bridgehead atoms. The molecule has 0 saturated carbocycles. The Morgan fingerprint density at radius 3 is 2.56 bits per heavy atom. The Labute approximate surface area is 156 Å². The van der Waals surface area contributed by atoms with Gasteiger partial charge in [0.05, 0.1) is 25.2 Å². The van der Waals surface area contributed by atoms with Crippen molar-refractivity contribution < 1.29 is 23.8 Å². The summed E-state index contributed by atoms with van der Waals surface area (Å²) in [6.45, 7) is 4.64. The largest absolute Gasteiger partial charge is 0.490 e. The lowest BCUT2D eigenvalue weighted by Gasteiger charge is -2.12. The van der Waals surface area contributed by atoms with Gasteiger partial charge in [-0.05, 0) is 37.6 Å². The van der Waals surface area contributed by atoms with E-state index in [1.807, 2.05) is 19.9 Å². The van der Waals surface area contributed by atoms with Gasteiger partial charge in [0.1, 0.15) is 10.9 Å². The van der Waals surface area contributed by atoms with Crippen molar-refractivity contribution in [1.82, 2.24) is 4.90 Å². The van der Waals surface area contributed by atoms with Crippen LogP contribution >= 0.6 is 24.0 Å². The van der Waals surface area contributed by atoms with Crippen LogP contribution < -0.4 is 9.47 Å². The summed E-state index contributed by atoms with van der Waals surface area (Å²) in [6, 6.07) is 5.44. The number of carbonyl (C=O) groups is 2. The standard InChI is InChI=1S/C17H19NO5S2/c1-4-22-12-7-6-11(8-13(12)23-5-2)9-14-16(20)18(17(24)25-14)10-15(19)21-3/h6-9H,4-5,10H2,1-3H3. The van der Waals surface area contributed by atoms with Crippen molar-refractivity contribution in [3.63, 3.8) is 0 Å². The van der Waals surface area contributed by atoms with Gasteiger partial charge in [0, 0.05) is 0 Å². The van der Waals surface area contributed by atoms with E-state index in [1.54, 1.807) is 18.2 Å². The minimum Gasteiger partial charge on any atom is -0.490 e. The number of benzene rings is 1. The number of hydrogen-bond acceptors (Lipinski definition) is 7. The van der Waals surface area contributed by atoms with E-state index in [0.29, 0.717) is 33.9 Å². The molecule has 1 fully saturated rings. The number of thiocarbonyl (C=S) groups is 1. The summed E-state index contributed by atoms with van der Waals surface area (Å²) in [5.74, 6) is 0.437. The molecule has 1 aliphatic rings. The Bertz CT molecular complexity index is 717. The maximum atomic E-state index is 12.4. The van der Waals surface area contributed by atoms with Gasteiger partial charge in [-0.25, -0.2) is 0 Å². The molecule has 0 aromatic heterocycles.